The molecule has 0 amide bonds. The molecular formula is C14H19Br2NO4S2. The Hall–Kier alpha value is 0.0400. The normalized spacial score (nSPS) is 21.0. The highest BCUT2D eigenvalue weighted by molar-refractivity contribution is 9.11. The molecule has 1 heterocycles. The fraction of sp³-hybridized carbons (Fsp3) is 0.571. The number of hydrogen-bond donors (Lipinski definition) is 0. The van der Waals surface area contributed by atoms with Crippen LogP contribution in [0.2, 0.25) is 0 Å². The zero-order valence-electron chi connectivity index (χ0n) is 12.7. The van der Waals surface area contributed by atoms with Crippen molar-refractivity contribution < 1.29 is 16.8 Å². The third-order valence-corrected chi connectivity index (χ3v) is 9.02. The van der Waals surface area contributed by atoms with Crippen molar-refractivity contribution in [3.05, 3.63) is 27.1 Å². The second-order valence-corrected chi connectivity index (χ2v) is 11.5. The quantitative estimate of drug-likeness (QED) is 0.616. The molecule has 1 fully saturated rings. The Bertz CT molecular complexity index is 778. The van der Waals surface area contributed by atoms with Crippen LogP contribution in [0, 0.1) is 0 Å². The van der Waals surface area contributed by atoms with Crippen LogP contribution in [0.5, 0.6) is 0 Å². The molecule has 0 radical (unpaired) electrons. The molecule has 0 saturated carbocycles. The average molecular weight is 489 g/mol. The highest BCUT2D eigenvalue weighted by Crippen LogP contribution is 2.31. The number of sulfone groups is 1. The second-order valence-electron chi connectivity index (χ2n) is 5.60. The van der Waals surface area contributed by atoms with Gasteiger partial charge in [-0.15, -0.1) is 0 Å². The van der Waals surface area contributed by atoms with Gasteiger partial charge in [0.15, 0.2) is 9.84 Å². The summed E-state index contributed by atoms with van der Waals surface area (Å²) in [5.74, 6) is -0.0446. The number of halogens is 2. The smallest absolute Gasteiger partial charge is 0.229 e. The Balaban J connectivity index is 2.43. The molecule has 9 heteroatoms. The van der Waals surface area contributed by atoms with Crippen LogP contribution in [-0.2, 0) is 19.9 Å². The summed E-state index contributed by atoms with van der Waals surface area (Å²) in [6.07, 6.45) is 1.89. The molecule has 130 valence electrons. The van der Waals surface area contributed by atoms with Crippen LogP contribution < -0.4 is 0 Å². The van der Waals surface area contributed by atoms with Gasteiger partial charge >= 0.3 is 0 Å². The van der Waals surface area contributed by atoms with E-state index in [1.807, 2.05) is 6.92 Å². The maximum absolute atomic E-state index is 13.1. The number of unbranched alkanes of at least 4 members (excludes halogenated alkanes) is 1. The van der Waals surface area contributed by atoms with Gasteiger partial charge in [0, 0.05) is 21.5 Å². The molecule has 2 rings (SSSR count). The summed E-state index contributed by atoms with van der Waals surface area (Å²) in [6.45, 7) is 2.31. The number of hydrogen-bond acceptors (Lipinski definition) is 4. The third kappa shape index (κ3) is 4.56. The van der Waals surface area contributed by atoms with E-state index in [0.29, 0.717) is 28.3 Å². The second kappa shape index (κ2) is 7.51. The van der Waals surface area contributed by atoms with Gasteiger partial charge in [0.25, 0.3) is 0 Å². The van der Waals surface area contributed by atoms with Crippen molar-refractivity contribution in [1.82, 2.24) is 4.31 Å². The molecule has 1 atom stereocenters. The summed E-state index contributed by atoms with van der Waals surface area (Å²) >= 11 is 6.58. The molecule has 0 aromatic heterocycles. The first-order valence-corrected chi connectivity index (χ1v) is 12.2. The molecule has 0 unspecified atom stereocenters. The minimum Gasteiger partial charge on any atom is -0.229 e. The highest BCUT2D eigenvalue weighted by atomic mass is 79.9. The molecule has 1 aromatic carbocycles. The van der Waals surface area contributed by atoms with Crippen LogP contribution in [0.4, 0.5) is 0 Å². The summed E-state index contributed by atoms with van der Waals surface area (Å²) in [6, 6.07) is 4.48. The zero-order valence-corrected chi connectivity index (χ0v) is 17.5. The maximum Gasteiger partial charge on any atom is 0.244 e. The topological polar surface area (TPSA) is 71.5 Å². The molecular weight excluding hydrogens is 470 g/mol. The largest absolute Gasteiger partial charge is 0.244 e. The molecule has 1 aromatic rings. The van der Waals surface area contributed by atoms with Gasteiger partial charge in [0.1, 0.15) is 0 Å². The lowest BCUT2D eigenvalue weighted by Gasteiger charge is -2.27. The van der Waals surface area contributed by atoms with Crippen LogP contribution in [0.1, 0.15) is 26.2 Å². The van der Waals surface area contributed by atoms with Crippen LogP contribution in [0.15, 0.2) is 32.0 Å². The average Bonchev–Trinajstić information content (AvgIpc) is 2.81. The highest BCUT2D eigenvalue weighted by Gasteiger charge is 2.39. The van der Waals surface area contributed by atoms with Gasteiger partial charge in [0.2, 0.25) is 10.0 Å². The first-order valence-electron chi connectivity index (χ1n) is 7.34. The zero-order chi connectivity index (χ0) is 17.3. The van der Waals surface area contributed by atoms with Gasteiger partial charge < -0.3 is 0 Å². The summed E-state index contributed by atoms with van der Waals surface area (Å²) < 4.78 is 52.2. The SMILES string of the molecule is CCCCN([C@@H]1CCS(=O)(=O)C1)S(=O)(=O)c1cc(Br)ccc1Br. The van der Waals surface area contributed by atoms with E-state index < -0.39 is 25.9 Å². The van der Waals surface area contributed by atoms with Gasteiger partial charge in [0.05, 0.1) is 16.4 Å². The molecule has 1 saturated heterocycles. The Morgan fingerprint density at radius 3 is 2.57 bits per heavy atom. The van der Waals surface area contributed by atoms with Crippen molar-refractivity contribution in [2.45, 2.75) is 37.1 Å². The minimum absolute atomic E-state index is 0.0511. The predicted molar refractivity (Wildman–Crippen MR) is 97.7 cm³/mol. The molecule has 1 aliphatic rings. The Kier molecular flexibility index (Phi) is 6.32. The van der Waals surface area contributed by atoms with E-state index in [2.05, 4.69) is 31.9 Å². The standard InChI is InChI=1S/C14H19Br2NO4S2/c1-2-3-7-17(12-6-8-22(18,19)10-12)23(20,21)14-9-11(15)4-5-13(14)16/h4-5,9,12H,2-3,6-8,10H2,1H3/t12-/m1/s1. The first kappa shape index (κ1) is 19.4. The number of benzene rings is 1. The van der Waals surface area contributed by atoms with Gasteiger partial charge in [-0.25, -0.2) is 16.8 Å². The third-order valence-electron chi connectivity index (χ3n) is 3.83. The van der Waals surface area contributed by atoms with Crippen LogP contribution in [-0.4, -0.2) is 45.2 Å². The Labute approximate surface area is 154 Å². The van der Waals surface area contributed by atoms with Crippen LogP contribution in [0.25, 0.3) is 0 Å². The number of nitrogens with zero attached hydrogens (tertiary/aromatic N) is 1. The monoisotopic (exact) mass is 487 g/mol. The molecule has 0 N–H and O–H groups in total. The summed E-state index contributed by atoms with van der Waals surface area (Å²) in [4.78, 5) is 0.160. The predicted octanol–water partition coefficient (Wildman–Crippen LogP) is 3.19. The number of sulfonamides is 1. The van der Waals surface area contributed by atoms with Gasteiger partial charge in [-0.2, -0.15) is 4.31 Å². The Morgan fingerprint density at radius 1 is 1.30 bits per heavy atom. The van der Waals surface area contributed by atoms with Gasteiger partial charge in [-0.1, -0.05) is 29.3 Å². The molecule has 1 aliphatic heterocycles. The van der Waals surface area contributed by atoms with E-state index in [-0.39, 0.29) is 16.4 Å². The van der Waals surface area contributed by atoms with Crippen molar-refractivity contribution in [1.29, 1.82) is 0 Å². The summed E-state index contributed by atoms with van der Waals surface area (Å²) in [7, 11) is -6.92. The van der Waals surface area contributed by atoms with Crippen molar-refractivity contribution in [2.75, 3.05) is 18.1 Å². The molecule has 0 spiro atoms. The van der Waals surface area contributed by atoms with E-state index >= 15 is 0 Å². The number of rotatable bonds is 6. The van der Waals surface area contributed by atoms with Crippen LogP contribution >= 0.6 is 31.9 Å². The molecule has 23 heavy (non-hydrogen) atoms. The van der Waals surface area contributed by atoms with Gasteiger partial charge in [-0.05, 0) is 47.0 Å². The van der Waals surface area contributed by atoms with Crippen molar-refractivity contribution >= 4 is 51.7 Å². The fourth-order valence-corrected chi connectivity index (χ4v) is 7.60. The molecule has 0 bridgehead atoms. The van der Waals surface area contributed by atoms with Crippen LogP contribution in [0.3, 0.4) is 0 Å². The fourth-order valence-electron chi connectivity index (χ4n) is 2.62. The lowest BCUT2D eigenvalue weighted by molar-refractivity contribution is 0.335. The minimum atomic E-state index is -3.77. The maximum atomic E-state index is 13.1. The van der Waals surface area contributed by atoms with Crippen molar-refractivity contribution in [3.8, 4) is 0 Å². The van der Waals surface area contributed by atoms with Crippen molar-refractivity contribution in [3.63, 3.8) is 0 Å². The van der Waals surface area contributed by atoms with E-state index in [1.165, 1.54) is 4.31 Å². The van der Waals surface area contributed by atoms with E-state index in [0.717, 1.165) is 6.42 Å². The first-order chi connectivity index (χ1) is 10.7. The lowest BCUT2D eigenvalue weighted by Crippen LogP contribution is -2.41. The van der Waals surface area contributed by atoms with E-state index in [9.17, 15) is 16.8 Å². The lowest BCUT2D eigenvalue weighted by atomic mass is 10.2. The van der Waals surface area contributed by atoms with E-state index in [4.69, 9.17) is 0 Å². The molecule has 5 nitrogen and oxygen atoms in total. The summed E-state index contributed by atoms with van der Waals surface area (Å²) in [5, 5.41) is 0. The Morgan fingerprint density at radius 2 is 2.00 bits per heavy atom. The molecule has 0 aliphatic carbocycles. The van der Waals surface area contributed by atoms with E-state index in [1.54, 1.807) is 18.2 Å². The van der Waals surface area contributed by atoms with Gasteiger partial charge in [-0.3, -0.25) is 0 Å². The van der Waals surface area contributed by atoms with Crippen molar-refractivity contribution in [2.24, 2.45) is 0 Å². The summed E-state index contributed by atoms with van der Waals surface area (Å²) in [5.41, 5.74) is 0.